The summed E-state index contributed by atoms with van der Waals surface area (Å²) in [7, 11) is 1.64. The highest BCUT2D eigenvalue weighted by Crippen LogP contribution is 2.25. The second-order valence-corrected chi connectivity index (χ2v) is 7.04. The summed E-state index contributed by atoms with van der Waals surface area (Å²) in [4.78, 5) is 25.1. The zero-order chi connectivity index (χ0) is 20.1. The van der Waals surface area contributed by atoms with Gasteiger partial charge in [-0.3, -0.25) is 9.59 Å². The first kappa shape index (κ1) is 21.1. The molecule has 1 heterocycles. The van der Waals surface area contributed by atoms with Crippen LogP contribution in [0.5, 0.6) is 0 Å². The predicted octanol–water partition coefficient (Wildman–Crippen LogP) is 2.11. The van der Waals surface area contributed by atoms with Gasteiger partial charge in [-0.2, -0.15) is 5.10 Å². The summed E-state index contributed by atoms with van der Waals surface area (Å²) in [6, 6.07) is 5.26. The summed E-state index contributed by atoms with van der Waals surface area (Å²) >= 11 is 0. The third kappa shape index (κ3) is 4.73. The summed E-state index contributed by atoms with van der Waals surface area (Å²) in [6.07, 6.45) is 0.520. The number of benzene rings is 1. The molecule has 7 heteroatoms. The topological polar surface area (TPSA) is 93.5 Å². The summed E-state index contributed by atoms with van der Waals surface area (Å²) in [5.41, 5.74) is 1.42. The van der Waals surface area contributed by atoms with E-state index in [0.29, 0.717) is 11.8 Å². The molecule has 2 rings (SSSR count). The first-order valence-electron chi connectivity index (χ1n) is 9.30. The lowest BCUT2D eigenvalue weighted by Gasteiger charge is -2.17. The van der Waals surface area contributed by atoms with E-state index >= 15 is 0 Å². The molecular weight excluding hydrogens is 346 g/mol. The standard InChI is InChI=1S/C20H29N3O4/c1-6-15(11-24)21-18(25)10-23-20(26)16-8-7-14(13(4)27-5)9-17(16)19(22-23)12(2)3/h7-9,12-13,15,24H,6,10-11H2,1-5H3,(H,21,25)/t13?,15-/m0/s1. The predicted molar refractivity (Wildman–Crippen MR) is 105 cm³/mol. The Bertz CT molecular complexity index is 856. The normalized spacial score (nSPS) is 13.7. The van der Waals surface area contributed by atoms with Crippen LogP contribution in [0.3, 0.4) is 0 Å². The van der Waals surface area contributed by atoms with Crippen molar-refractivity contribution >= 4 is 16.7 Å². The average molecular weight is 375 g/mol. The molecule has 27 heavy (non-hydrogen) atoms. The van der Waals surface area contributed by atoms with Crippen LogP contribution in [0.25, 0.3) is 10.8 Å². The molecule has 0 aliphatic carbocycles. The van der Waals surface area contributed by atoms with Gasteiger partial charge in [-0.15, -0.1) is 0 Å². The molecule has 7 nitrogen and oxygen atoms in total. The Kier molecular flexibility index (Phi) is 7.10. The largest absolute Gasteiger partial charge is 0.394 e. The van der Waals surface area contributed by atoms with Crippen LogP contribution in [0.2, 0.25) is 0 Å². The Morgan fingerprint density at radius 3 is 2.56 bits per heavy atom. The van der Waals surface area contributed by atoms with Gasteiger partial charge >= 0.3 is 0 Å². The van der Waals surface area contributed by atoms with Crippen molar-refractivity contribution in [2.75, 3.05) is 13.7 Å². The van der Waals surface area contributed by atoms with Crippen LogP contribution in [0.1, 0.15) is 57.4 Å². The number of fused-ring (bicyclic) bond motifs is 1. The van der Waals surface area contributed by atoms with Gasteiger partial charge in [0.05, 0.1) is 29.8 Å². The van der Waals surface area contributed by atoms with E-state index in [1.165, 1.54) is 4.68 Å². The van der Waals surface area contributed by atoms with Crippen LogP contribution < -0.4 is 10.9 Å². The van der Waals surface area contributed by atoms with Crippen LogP contribution in [0.4, 0.5) is 0 Å². The molecule has 148 valence electrons. The number of amides is 1. The molecule has 1 aromatic heterocycles. The maximum atomic E-state index is 12.9. The lowest BCUT2D eigenvalue weighted by molar-refractivity contribution is -0.123. The van der Waals surface area contributed by atoms with Gasteiger partial charge in [-0.1, -0.05) is 26.8 Å². The van der Waals surface area contributed by atoms with Gasteiger partial charge in [0.1, 0.15) is 6.54 Å². The number of nitrogens with one attached hydrogen (secondary N) is 1. The van der Waals surface area contributed by atoms with Crippen LogP contribution >= 0.6 is 0 Å². The highest BCUT2D eigenvalue weighted by molar-refractivity contribution is 5.85. The van der Waals surface area contributed by atoms with Gasteiger partial charge in [0, 0.05) is 12.5 Å². The van der Waals surface area contributed by atoms with Crippen molar-refractivity contribution in [3.63, 3.8) is 0 Å². The van der Waals surface area contributed by atoms with Crippen LogP contribution in [-0.2, 0) is 16.1 Å². The first-order chi connectivity index (χ1) is 12.8. The maximum absolute atomic E-state index is 12.9. The molecule has 2 atom stereocenters. The van der Waals surface area contributed by atoms with Gasteiger partial charge in [0.2, 0.25) is 5.91 Å². The minimum Gasteiger partial charge on any atom is -0.394 e. The molecule has 0 saturated carbocycles. The number of hydrogen-bond acceptors (Lipinski definition) is 5. The number of aliphatic hydroxyl groups is 1. The number of carbonyl (C=O) groups excluding carboxylic acids is 1. The lowest BCUT2D eigenvalue weighted by Crippen LogP contribution is -2.41. The van der Waals surface area contributed by atoms with E-state index in [2.05, 4.69) is 10.4 Å². The monoisotopic (exact) mass is 375 g/mol. The minimum absolute atomic E-state index is 0.0799. The molecule has 2 aromatic rings. The number of carbonyl (C=O) groups is 1. The molecular formula is C20H29N3O4. The fourth-order valence-corrected chi connectivity index (χ4v) is 2.94. The quantitative estimate of drug-likeness (QED) is 0.737. The smallest absolute Gasteiger partial charge is 0.275 e. The number of nitrogens with zero attached hydrogens (tertiary/aromatic N) is 2. The summed E-state index contributed by atoms with van der Waals surface area (Å²) in [6.45, 7) is 7.50. The summed E-state index contributed by atoms with van der Waals surface area (Å²) < 4.78 is 6.58. The molecule has 1 aromatic carbocycles. The summed E-state index contributed by atoms with van der Waals surface area (Å²) in [5.74, 6) is -0.263. The zero-order valence-corrected chi connectivity index (χ0v) is 16.7. The Balaban J connectivity index is 2.49. The number of rotatable bonds is 8. The average Bonchev–Trinajstić information content (AvgIpc) is 2.66. The van der Waals surface area contributed by atoms with E-state index in [0.717, 1.165) is 16.6 Å². The van der Waals surface area contributed by atoms with Gasteiger partial charge in [-0.25, -0.2) is 4.68 Å². The van der Waals surface area contributed by atoms with Crippen LogP contribution in [0.15, 0.2) is 23.0 Å². The van der Waals surface area contributed by atoms with Crippen molar-refractivity contribution in [2.45, 2.75) is 58.7 Å². The van der Waals surface area contributed by atoms with Crippen molar-refractivity contribution in [1.29, 1.82) is 0 Å². The maximum Gasteiger partial charge on any atom is 0.275 e. The Morgan fingerprint density at radius 2 is 2.00 bits per heavy atom. The van der Waals surface area contributed by atoms with E-state index in [1.807, 2.05) is 39.8 Å². The van der Waals surface area contributed by atoms with E-state index in [9.17, 15) is 14.7 Å². The highest BCUT2D eigenvalue weighted by Gasteiger charge is 2.17. The molecule has 0 fully saturated rings. The second kappa shape index (κ2) is 9.10. The highest BCUT2D eigenvalue weighted by atomic mass is 16.5. The molecule has 2 N–H and O–H groups in total. The SMILES string of the molecule is CC[C@@H](CO)NC(=O)Cn1nc(C(C)C)c2cc(C(C)OC)ccc2c1=O. The van der Waals surface area contributed by atoms with Gasteiger partial charge in [0.15, 0.2) is 0 Å². The molecule has 0 aliphatic heterocycles. The van der Waals surface area contributed by atoms with Crippen molar-refractivity contribution in [3.05, 3.63) is 39.8 Å². The van der Waals surface area contributed by atoms with Crippen LogP contribution in [0, 0.1) is 0 Å². The number of ether oxygens (including phenoxy) is 1. The minimum atomic E-state index is -0.343. The first-order valence-corrected chi connectivity index (χ1v) is 9.30. The van der Waals surface area contributed by atoms with E-state index < -0.39 is 0 Å². The van der Waals surface area contributed by atoms with Gasteiger partial charge in [-0.05, 0) is 37.0 Å². The lowest BCUT2D eigenvalue weighted by atomic mass is 9.99. The molecule has 1 amide bonds. The summed E-state index contributed by atoms with van der Waals surface area (Å²) in [5, 5.41) is 17.7. The Hall–Kier alpha value is -2.25. The van der Waals surface area contributed by atoms with Crippen molar-refractivity contribution in [1.82, 2.24) is 15.1 Å². The van der Waals surface area contributed by atoms with Gasteiger partial charge < -0.3 is 15.2 Å². The van der Waals surface area contributed by atoms with Crippen LogP contribution in [-0.4, -0.2) is 40.6 Å². The molecule has 0 spiro atoms. The Morgan fingerprint density at radius 1 is 1.30 bits per heavy atom. The van der Waals surface area contributed by atoms with Gasteiger partial charge in [0.25, 0.3) is 5.56 Å². The Labute approximate surface area is 159 Å². The zero-order valence-electron chi connectivity index (χ0n) is 16.7. The fourth-order valence-electron chi connectivity index (χ4n) is 2.94. The van der Waals surface area contributed by atoms with Crippen molar-refractivity contribution < 1.29 is 14.6 Å². The fraction of sp³-hybridized carbons (Fsp3) is 0.550. The van der Waals surface area contributed by atoms with E-state index in [-0.39, 0.29) is 42.7 Å². The molecule has 0 aliphatic rings. The third-order valence-corrected chi connectivity index (χ3v) is 4.75. The number of aliphatic hydroxyl groups excluding tert-OH is 1. The molecule has 1 unspecified atom stereocenters. The van der Waals surface area contributed by atoms with Crippen molar-refractivity contribution in [3.8, 4) is 0 Å². The van der Waals surface area contributed by atoms with Crippen molar-refractivity contribution in [2.24, 2.45) is 0 Å². The molecule has 0 saturated heterocycles. The molecule has 0 radical (unpaired) electrons. The third-order valence-electron chi connectivity index (χ3n) is 4.75. The number of hydrogen-bond donors (Lipinski definition) is 2. The number of methoxy groups -OCH3 is 1. The molecule has 0 bridgehead atoms. The number of aromatic nitrogens is 2. The van der Waals surface area contributed by atoms with E-state index in [1.54, 1.807) is 13.2 Å². The van der Waals surface area contributed by atoms with E-state index in [4.69, 9.17) is 4.74 Å². The second-order valence-electron chi connectivity index (χ2n) is 7.04.